The van der Waals surface area contributed by atoms with Gasteiger partial charge in [0.2, 0.25) is 0 Å². The number of hydrogen-bond acceptors (Lipinski definition) is 4. The van der Waals surface area contributed by atoms with Crippen LogP contribution in [0.3, 0.4) is 0 Å². The third-order valence-corrected chi connectivity index (χ3v) is 2.72. The number of nitrogen functional groups attached to an aromatic ring is 1. The van der Waals surface area contributed by atoms with Gasteiger partial charge in [-0.1, -0.05) is 11.6 Å². The van der Waals surface area contributed by atoms with Crippen molar-refractivity contribution in [2.45, 2.75) is 39.3 Å². The minimum atomic E-state index is -0.639. The van der Waals surface area contributed by atoms with E-state index in [9.17, 15) is 5.11 Å². The molecule has 0 aliphatic heterocycles. The van der Waals surface area contributed by atoms with Gasteiger partial charge < -0.3 is 16.2 Å². The Hall–Kier alpha value is -0.840. The van der Waals surface area contributed by atoms with Crippen molar-refractivity contribution in [2.24, 2.45) is 0 Å². The third kappa shape index (κ3) is 4.15. The van der Waals surface area contributed by atoms with Crippen molar-refractivity contribution >= 4 is 17.4 Å². The van der Waals surface area contributed by atoms with Gasteiger partial charge in [-0.3, -0.25) is 0 Å². The predicted octanol–water partition coefficient (Wildman–Crippen LogP) is 2.05. The number of β-amino-alcohol motifs (C(OH)–C–C–N with tert-alkyl or cyclic N) is 1. The Morgan fingerprint density at radius 2 is 2.12 bits per heavy atom. The Morgan fingerprint density at radius 3 is 2.65 bits per heavy atom. The summed E-state index contributed by atoms with van der Waals surface area (Å²) in [5, 5.41) is 13.7. The number of nitrogens with zero attached hydrogens (tertiary/aromatic N) is 1. The highest BCUT2D eigenvalue weighted by atomic mass is 35.5. The van der Waals surface area contributed by atoms with Crippen LogP contribution in [0, 0.1) is 6.92 Å². The summed E-state index contributed by atoms with van der Waals surface area (Å²) in [6.45, 7) is 8.39. The van der Waals surface area contributed by atoms with Gasteiger partial charge in [0, 0.05) is 23.3 Å². The first-order valence-electron chi connectivity index (χ1n) is 5.56. The molecule has 17 heavy (non-hydrogen) atoms. The van der Waals surface area contributed by atoms with Crippen molar-refractivity contribution in [1.29, 1.82) is 0 Å². The van der Waals surface area contributed by atoms with Crippen LogP contribution in [-0.2, 0) is 0 Å². The molecular weight excluding hydrogens is 238 g/mol. The van der Waals surface area contributed by atoms with E-state index in [1.807, 2.05) is 27.7 Å². The van der Waals surface area contributed by atoms with E-state index in [-0.39, 0.29) is 5.54 Å². The number of hydrogen-bond donors (Lipinski definition) is 3. The van der Waals surface area contributed by atoms with Crippen molar-refractivity contribution in [3.8, 4) is 0 Å². The second kappa shape index (κ2) is 5.21. The molecule has 1 atom stereocenters. The number of rotatable bonds is 3. The van der Waals surface area contributed by atoms with Crippen LogP contribution in [0.25, 0.3) is 0 Å². The van der Waals surface area contributed by atoms with E-state index in [1.165, 1.54) is 0 Å². The zero-order valence-electron chi connectivity index (χ0n) is 10.7. The highest BCUT2D eigenvalue weighted by Crippen LogP contribution is 2.24. The summed E-state index contributed by atoms with van der Waals surface area (Å²) in [4.78, 5) is 4.10. The number of aryl methyl sites for hydroxylation is 1. The molecule has 0 aliphatic carbocycles. The fourth-order valence-corrected chi connectivity index (χ4v) is 1.62. The van der Waals surface area contributed by atoms with E-state index < -0.39 is 6.10 Å². The topological polar surface area (TPSA) is 71.2 Å². The summed E-state index contributed by atoms with van der Waals surface area (Å²) in [5.74, 6) is 0.295. The fourth-order valence-electron chi connectivity index (χ4n) is 1.46. The predicted molar refractivity (Wildman–Crippen MR) is 71.1 cm³/mol. The molecule has 0 aromatic carbocycles. The van der Waals surface area contributed by atoms with Crippen LogP contribution >= 0.6 is 11.6 Å². The van der Waals surface area contributed by atoms with Gasteiger partial charge in [0.05, 0.1) is 11.1 Å². The molecule has 0 bridgehead atoms. The van der Waals surface area contributed by atoms with Crippen molar-refractivity contribution in [1.82, 2.24) is 10.3 Å². The lowest BCUT2D eigenvalue weighted by Crippen LogP contribution is -2.38. The first-order valence-corrected chi connectivity index (χ1v) is 5.94. The lowest BCUT2D eigenvalue weighted by molar-refractivity contribution is 0.162. The quantitative estimate of drug-likeness (QED) is 0.775. The molecule has 1 heterocycles. The lowest BCUT2D eigenvalue weighted by atomic mass is 10.1. The molecule has 0 aliphatic rings. The maximum Gasteiger partial charge on any atom is 0.142 e. The number of pyridine rings is 1. The van der Waals surface area contributed by atoms with Crippen molar-refractivity contribution in [3.05, 3.63) is 22.3 Å². The molecule has 4 nitrogen and oxygen atoms in total. The summed E-state index contributed by atoms with van der Waals surface area (Å²) in [6.07, 6.45) is -0.639. The summed E-state index contributed by atoms with van der Waals surface area (Å²) in [7, 11) is 0. The second-order valence-electron chi connectivity index (χ2n) is 5.18. The summed E-state index contributed by atoms with van der Waals surface area (Å²) in [6, 6.07) is 1.67. The summed E-state index contributed by atoms with van der Waals surface area (Å²) >= 11 is 5.90. The molecule has 4 N–H and O–H groups in total. The van der Waals surface area contributed by atoms with Gasteiger partial charge in [-0.2, -0.15) is 0 Å². The number of anilines is 1. The Balaban J connectivity index is 2.82. The van der Waals surface area contributed by atoms with E-state index in [0.29, 0.717) is 28.6 Å². The van der Waals surface area contributed by atoms with Crippen LogP contribution in [0.2, 0.25) is 5.02 Å². The van der Waals surface area contributed by atoms with Gasteiger partial charge in [-0.05, 0) is 33.8 Å². The van der Waals surface area contributed by atoms with Crippen LogP contribution in [-0.4, -0.2) is 22.2 Å². The monoisotopic (exact) mass is 257 g/mol. The zero-order chi connectivity index (χ0) is 13.2. The van der Waals surface area contributed by atoms with Gasteiger partial charge in [0.1, 0.15) is 5.82 Å². The SMILES string of the molecule is Cc1nc(N)c(Cl)cc1[C@@H](O)CNC(C)(C)C. The maximum absolute atomic E-state index is 10.1. The van der Waals surface area contributed by atoms with Crippen molar-refractivity contribution in [3.63, 3.8) is 0 Å². The van der Waals surface area contributed by atoms with E-state index in [4.69, 9.17) is 17.3 Å². The van der Waals surface area contributed by atoms with E-state index in [0.717, 1.165) is 0 Å². The average Bonchev–Trinajstić information content (AvgIpc) is 2.19. The van der Waals surface area contributed by atoms with Gasteiger partial charge in [-0.15, -0.1) is 0 Å². The molecule has 1 aromatic rings. The number of aliphatic hydroxyl groups is 1. The van der Waals surface area contributed by atoms with Gasteiger partial charge in [0.15, 0.2) is 0 Å². The molecule has 1 aromatic heterocycles. The van der Waals surface area contributed by atoms with Gasteiger partial charge in [-0.25, -0.2) is 4.98 Å². The number of aromatic nitrogens is 1. The average molecular weight is 258 g/mol. The largest absolute Gasteiger partial charge is 0.387 e. The Labute approximate surface area is 107 Å². The number of halogens is 1. The minimum Gasteiger partial charge on any atom is -0.387 e. The van der Waals surface area contributed by atoms with Crippen LogP contribution in [0.5, 0.6) is 0 Å². The standard InChI is InChI=1S/C12H20ClN3O/c1-7-8(5-9(13)11(14)16-7)10(17)6-15-12(2,3)4/h5,10,15,17H,6H2,1-4H3,(H2,14,16)/t10-/m0/s1. The van der Waals surface area contributed by atoms with Crippen LogP contribution in [0.1, 0.15) is 38.1 Å². The number of nitrogens with one attached hydrogen (secondary N) is 1. The molecule has 96 valence electrons. The number of nitrogens with two attached hydrogens (primary N) is 1. The zero-order valence-corrected chi connectivity index (χ0v) is 11.5. The first kappa shape index (κ1) is 14.2. The smallest absolute Gasteiger partial charge is 0.142 e. The molecule has 0 saturated carbocycles. The third-order valence-electron chi connectivity index (χ3n) is 2.42. The van der Waals surface area contributed by atoms with Crippen LogP contribution in [0.4, 0.5) is 5.82 Å². The normalized spacial score (nSPS) is 13.8. The van der Waals surface area contributed by atoms with Gasteiger partial charge in [0.25, 0.3) is 0 Å². The van der Waals surface area contributed by atoms with Crippen LogP contribution in [0.15, 0.2) is 6.07 Å². The molecule has 0 radical (unpaired) electrons. The highest BCUT2D eigenvalue weighted by molar-refractivity contribution is 6.32. The molecular formula is C12H20ClN3O. The fraction of sp³-hybridized carbons (Fsp3) is 0.583. The Morgan fingerprint density at radius 1 is 1.53 bits per heavy atom. The molecule has 0 unspecified atom stereocenters. The van der Waals surface area contributed by atoms with Crippen molar-refractivity contribution in [2.75, 3.05) is 12.3 Å². The van der Waals surface area contributed by atoms with E-state index in [2.05, 4.69) is 10.3 Å². The molecule has 0 amide bonds. The molecule has 0 fully saturated rings. The molecule has 0 saturated heterocycles. The van der Waals surface area contributed by atoms with Gasteiger partial charge >= 0.3 is 0 Å². The maximum atomic E-state index is 10.1. The van der Waals surface area contributed by atoms with E-state index >= 15 is 0 Å². The minimum absolute atomic E-state index is 0.0417. The molecule has 5 heteroatoms. The lowest BCUT2D eigenvalue weighted by Gasteiger charge is -2.23. The molecule has 1 rings (SSSR count). The summed E-state index contributed by atoms with van der Waals surface area (Å²) in [5.41, 5.74) is 6.96. The Bertz CT molecular complexity index is 401. The Kier molecular flexibility index (Phi) is 4.36. The van der Waals surface area contributed by atoms with Crippen LogP contribution < -0.4 is 11.1 Å². The van der Waals surface area contributed by atoms with Crippen molar-refractivity contribution < 1.29 is 5.11 Å². The molecule has 0 spiro atoms. The van der Waals surface area contributed by atoms with E-state index in [1.54, 1.807) is 6.07 Å². The highest BCUT2D eigenvalue weighted by Gasteiger charge is 2.16. The summed E-state index contributed by atoms with van der Waals surface area (Å²) < 4.78 is 0. The first-order chi connectivity index (χ1) is 7.70. The second-order valence-corrected chi connectivity index (χ2v) is 5.58. The number of aliphatic hydroxyl groups excluding tert-OH is 1.